The van der Waals surface area contributed by atoms with Crippen LogP contribution in [0.25, 0.3) is 34.1 Å². The molecule has 0 unspecified atom stereocenters. The minimum absolute atomic E-state index is 0.691. The van der Waals surface area contributed by atoms with E-state index in [1.54, 1.807) is 0 Å². The highest BCUT2D eigenvalue weighted by Crippen LogP contribution is 2.34. The summed E-state index contributed by atoms with van der Waals surface area (Å²) < 4.78 is 5.63. The Morgan fingerprint density at radius 2 is 1.80 bits per heavy atom. The maximum absolute atomic E-state index is 5.63. The van der Waals surface area contributed by atoms with Crippen LogP contribution < -0.4 is 15.2 Å². The zero-order valence-corrected chi connectivity index (χ0v) is 10.9. The standard InChI is InChI=1S/C19H12O/c1-2-4-14-12(3-1)5-6-13-11-17-15-9-10-20-18(15)8-7-16(17)19(13)14/h1-9,11H,10H2. The zero-order valence-electron chi connectivity index (χ0n) is 10.9. The molecule has 1 aliphatic carbocycles. The number of fused-ring (bicyclic) bond motifs is 7. The molecule has 2 aliphatic rings. The highest BCUT2D eigenvalue weighted by Gasteiger charge is 2.18. The third kappa shape index (κ3) is 1.17. The van der Waals surface area contributed by atoms with Crippen LogP contribution in [0.3, 0.4) is 0 Å². The van der Waals surface area contributed by atoms with Crippen molar-refractivity contribution in [1.29, 1.82) is 0 Å². The van der Waals surface area contributed by atoms with Gasteiger partial charge in [-0.15, -0.1) is 0 Å². The molecule has 0 atom stereocenters. The molecule has 0 amide bonds. The molecule has 0 bridgehead atoms. The molecule has 20 heavy (non-hydrogen) atoms. The van der Waals surface area contributed by atoms with Crippen molar-refractivity contribution in [2.24, 2.45) is 0 Å². The monoisotopic (exact) mass is 256 g/mol. The first kappa shape index (κ1) is 10.3. The van der Waals surface area contributed by atoms with Gasteiger partial charge in [0.05, 0.1) is 0 Å². The molecular weight excluding hydrogens is 244 g/mol. The Kier molecular flexibility index (Phi) is 1.80. The molecule has 0 aromatic heterocycles. The fourth-order valence-corrected chi connectivity index (χ4v) is 3.41. The van der Waals surface area contributed by atoms with E-state index in [-0.39, 0.29) is 0 Å². The minimum Gasteiger partial charge on any atom is -0.489 e. The third-order valence-electron chi connectivity index (χ3n) is 4.30. The predicted octanol–water partition coefficient (Wildman–Crippen LogP) is 2.82. The van der Waals surface area contributed by atoms with Gasteiger partial charge in [-0.2, -0.15) is 0 Å². The molecule has 3 aromatic carbocycles. The van der Waals surface area contributed by atoms with E-state index in [0.29, 0.717) is 6.61 Å². The number of hydrogen-bond donors (Lipinski definition) is 0. The molecule has 3 aromatic rings. The predicted molar refractivity (Wildman–Crippen MR) is 82.2 cm³/mol. The van der Waals surface area contributed by atoms with Crippen molar-refractivity contribution in [3.63, 3.8) is 0 Å². The van der Waals surface area contributed by atoms with E-state index in [1.807, 2.05) is 0 Å². The number of ether oxygens (including phenoxy) is 1. The molecular formula is C19H12O. The quantitative estimate of drug-likeness (QED) is 0.470. The first-order valence-electron chi connectivity index (χ1n) is 6.92. The summed E-state index contributed by atoms with van der Waals surface area (Å²) in [4.78, 5) is 0. The Morgan fingerprint density at radius 3 is 2.80 bits per heavy atom. The average Bonchev–Trinajstić information content (AvgIpc) is 3.10. The number of rotatable bonds is 0. The molecule has 0 N–H and O–H groups in total. The summed E-state index contributed by atoms with van der Waals surface area (Å²) in [6.07, 6.45) is 4.47. The molecule has 0 saturated heterocycles. The summed E-state index contributed by atoms with van der Waals surface area (Å²) >= 11 is 0. The van der Waals surface area contributed by atoms with E-state index in [4.69, 9.17) is 4.74 Å². The summed E-state index contributed by atoms with van der Waals surface area (Å²) in [6, 6.07) is 17.3. The summed E-state index contributed by atoms with van der Waals surface area (Å²) in [7, 11) is 0. The van der Waals surface area contributed by atoms with Gasteiger partial charge in [0.2, 0.25) is 0 Å². The molecule has 1 heteroatoms. The van der Waals surface area contributed by atoms with Gasteiger partial charge in [0.1, 0.15) is 12.4 Å². The van der Waals surface area contributed by atoms with Crippen molar-refractivity contribution in [3.05, 3.63) is 64.5 Å². The van der Waals surface area contributed by atoms with Gasteiger partial charge >= 0.3 is 0 Å². The number of benzene rings is 3. The van der Waals surface area contributed by atoms with Gasteiger partial charge in [0.25, 0.3) is 0 Å². The van der Waals surface area contributed by atoms with Crippen LogP contribution in [0.5, 0.6) is 5.75 Å². The average molecular weight is 256 g/mol. The molecule has 0 saturated carbocycles. The molecule has 5 rings (SSSR count). The van der Waals surface area contributed by atoms with E-state index in [1.165, 1.54) is 37.9 Å². The second-order valence-electron chi connectivity index (χ2n) is 5.35. The first-order valence-corrected chi connectivity index (χ1v) is 6.92. The molecule has 94 valence electrons. The third-order valence-corrected chi connectivity index (χ3v) is 4.30. The van der Waals surface area contributed by atoms with Crippen LogP contribution in [-0.2, 0) is 0 Å². The summed E-state index contributed by atoms with van der Waals surface area (Å²) in [6.45, 7) is 0.691. The highest BCUT2D eigenvalue weighted by molar-refractivity contribution is 6.03. The Morgan fingerprint density at radius 1 is 0.850 bits per heavy atom. The van der Waals surface area contributed by atoms with Crippen molar-refractivity contribution < 1.29 is 4.74 Å². The fraction of sp³-hybridized carbons (Fsp3) is 0.0526. The van der Waals surface area contributed by atoms with Crippen molar-refractivity contribution in [1.82, 2.24) is 0 Å². The van der Waals surface area contributed by atoms with Gasteiger partial charge in [-0.05, 0) is 50.9 Å². The molecule has 0 radical (unpaired) electrons. The Bertz CT molecular complexity index is 996. The van der Waals surface area contributed by atoms with Gasteiger partial charge in [0.15, 0.2) is 0 Å². The summed E-state index contributed by atoms with van der Waals surface area (Å²) in [5.41, 5.74) is 4.01. The SMILES string of the molecule is C1=c2c(ccc3c2=Cc2ccc4ccccc4c2-3)OC1. The maximum Gasteiger partial charge on any atom is 0.127 e. The molecule has 1 heterocycles. The van der Waals surface area contributed by atoms with Crippen LogP contribution >= 0.6 is 0 Å². The van der Waals surface area contributed by atoms with Crippen LogP contribution in [0.2, 0.25) is 0 Å². The Hall–Kier alpha value is -2.54. The van der Waals surface area contributed by atoms with E-state index in [0.717, 1.165) is 5.75 Å². The van der Waals surface area contributed by atoms with Gasteiger partial charge in [-0.25, -0.2) is 0 Å². The Labute approximate surface area is 116 Å². The lowest BCUT2D eigenvalue weighted by Crippen LogP contribution is -2.23. The molecule has 1 aliphatic heterocycles. The van der Waals surface area contributed by atoms with Crippen LogP contribution in [0.1, 0.15) is 5.56 Å². The van der Waals surface area contributed by atoms with Crippen LogP contribution in [0.4, 0.5) is 0 Å². The van der Waals surface area contributed by atoms with Crippen molar-refractivity contribution in [3.8, 4) is 16.9 Å². The van der Waals surface area contributed by atoms with Gasteiger partial charge < -0.3 is 4.74 Å². The normalized spacial score (nSPS) is 14.0. The second-order valence-corrected chi connectivity index (χ2v) is 5.35. The fourth-order valence-electron chi connectivity index (χ4n) is 3.41. The van der Waals surface area contributed by atoms with Crippen molar-refractivity contribution >= 4 is 22.9 Å². The van der Waals surface area contributed by atoms with E-state index in [2.05, 4.69) is 60.7 Å². The number of hydrogen-bond acceptors (Lipinski definition) is 1. The topological polar surface area (TPSA) is 9.23 Å². The maximum atomic E-state index is 5.63. The van der Waals surface area contributed by atoms with Gasteiger partial charge in [-0.1, -0.05) is 42.5 Å². The lowest BCUT2D eigenvalue weighted by molar-refractivity contribution is 0.385. The highest BCUT2D eigenvalue weighted by atomic mass is 16.5. The second kappa shape index (κ2) is 3.51. The lowest BCUT2D eigenvalue weighted by Gasteiger charge is -2.07. The minimum atomic E-state index is 0.691. The van der Waals surface area contributed by atoms with Crippen molar-refractivity contribution in [2.45, 2.75) is 0 Å². The molecule has 0 fully saturated rings. The van der Waals surface area contributed by atoms with Gasteiger partial charge in [-0.3, -0.25) is 0 Å². The van der Waals surface area contributed by atoms with E-state index >= 15 is 0 Å². The molecule has 1 nitrogen and oxygen atoms in total. The summed E-state index contributed by atoms with van der Waals surface area (Å²) in [5.74, 6) is 1.01. The van der Waals surface area contributed by atoms with E-state index in [9.17, 15) is 0 Å². The molecule has 0 spiro atoms. The summed E-state index contributed by atoms with van der Waals surface area (Å²) in [5, 5.41) is 5.20. The van der Waals surface area contributed by atoms with Crippen LogP contribution in [0, 0.1) is 0 Å². The zero-order chi connectivity index (χ0) is 13.1. The smallest absolute Gasteiger partial charge is 0.127 e. The lowest BCUT2D eigenvalue weighted by atomic mass is 9.97. The van der Waals surface area contributed by atoms with Crippen LogP contribution in [0.15, 0.2) is 48.5 Å². The van der Waals surface area contributed by atoms with Gasteiger partial charge in [0, 0.05) is 5.22 Å². The first-order chi connectivity index (χ1) is 9.92. The van der Waals surface area contributed by atoms with Crippen LogP contribution in [-0.4, -0.2) is 6.61 Å². The van der Waals surface area contributed by atoms with Crippen molar-refractivity contribution in [2.75, 3.05) is 6.61 Å². The Balaban J connectivity index is 1.99. The largest absolute Gasteiger partial charge is 0.489 e. The van der Waals surface area contributed by atoms with E-state index < -0.39 is 0 Å².